The molecular weight excluding hydrogens is 428 g/mol. The molecule has 0 heterocycles. The number of aliphatic imine (C=N–C) groups is 1. The van der Waals surface area contributed by atoms with Gasteiger partial charge in [-0.2, -0.15) is 0 Å². The maximum absolute atomic E-state index is 13.0. The van der Waals surface area contributed by atoms with Crippen molar-refractivity contribution in [1.29, 1.82) is 0 Å². The maximum Gasteiger partial charge on any atom is 0.209 e. The standard InChI is InChI=1S/C32H52N2O/c1-3-5-7-9-11-13-15-17-21-25-33-30-27-31(32(35)29-24-20-19-23-28(29)30)34-26-22-18-16-14-12-10-8-6-4-2/h19-20,23-24,27,34H,3-18,21-22,25-26H2,1-2H3. The van der Waals surface area contributed by atoms with E-state index < -0.39 is 0 Å². The van der Waals surface area contributed by atoms with Gasteiger partial charge in [0.05, 0.1) is 11.4 Å². The summed E-state index contributed by atoms with van der Waals surface area (Å²) in [5.41, 5.74) is 3.46. The second kappa shape index (κ2) is 19.3. The van der Waals surface area contributed by atoms with E-state index in [9.17, 15) is 4.79 Å². The van der Waals surface area contributed by atoms with Crippen LogP contribution in [0, 0.1) is 0 Å². The van der Waals surface area contributed by atoms with Gasteiger partial charge in [-0.25, -0.2) is 0 Å². The third-order valence-corrected chi connectivity index (χ3v) is 7.11. The van der Waals surface area contributed by atoms with Crippen LogP contribution in [0.25, 0.3) is 0 Å². The Labute approximate surface area is 216 Å². The summed E-state index contributed by atoms with van der Waals surface area (Å²) in [5.74, 6) is 0.110. The van der Waals surface area contributed by atoms with Crippen molar-refractivity contribution in [3.05, 3.63) is 47.2 Å². The summed E-state index contributed by atoms with van der Waals surface area (Å²) in [6.07, 6.45) is 25.7. The van der Waals surface area contributed by atoms with Crippen LogP contribution < -0.4 is 5.32 Å². The van der Waals surface area contributed by atoms with Gasteiger partial charge in [-0.15, -0.1) is 0 Å². The van der Waals surface area contributed by atoms with E-state index in [0.29, 0.717) is 5.70 Å². The summed E-state index contributed by atoms with van der Waals surface area (Å²) in [6.45, 7) is 6.25. The molecule has 196 valence electrons. The van der Waals surface area contributed by atoms with Crippen molar-refractivity contribution in [2.24, 2.45) is 4.99 Å². The van der Waals surface area contributed by atoms with Gasteiger partial charge in [0.15, 0.2) is 0 Å². The zero-order valence-corrected chi connectivity index (χ0v) is 22.9. The lowest BCUT2D eigenvalue weighted by Crippen LogP contribution is -2.27. The van der Waals surface area contributed by atoms with Gasteiger partial charge >= 0.3 is 0 Å². The van der Waals surface area contributed by atoms with E-state index >= 15 is 0 Å². The molecule has 1 aliphatic carbocycles. The Kier molecular flexibility index (Phi) is 16.2. The molecule has 1 aliphatic rings. The molecule has 0 saturated heterocycles. The number of rotatable bonds is 21. The topological polar surface area (TPSA) is 41.5 Å². The molecule has 0 aromatic heterocycles. The van der Waals surface area contributed by atoms with Crippen molar-refractivity contribution in [2.45, 2.75) is 129 Å². The van der Waals surface area contributed by atoms with E-state index in [1.807, 2.05) is 30.3 Å². The van der Waals surface area contributed by atoms with Crippen LogP contribution in [0.1, 0.15) is 145 Å². The fraction of sp³-hybridized carbons (Fsp3) is 0.688. The number of nitrogens with one attached hydrogen (secondary N) is 1. The SMILES string of the molecule is CCCCCCCCCCCN=C1C=C(NCCCCCCCCCCC)C(=O)c2ccccc21. The lowest BCUT2D eigenvalue weighted by molar-refractivity contribution is 0.102. The minimum atomic E-state index is 0.110. The molecule has 0 fully saturated rings. The molecule has 0 aliphatic heterocycles. The smallest absolute Gasteiger partial charge is 0.209 e. The first-order valence-electron chi connectivity index (χ1n) is 14.9. The maximum atomic E-state index is 13.0. The van der Waals surface area contributed by atoms with Crippen LogP contribution in [0.2, 0.25) is 0 Å². The Morgan fingerprint density at radius 2 is 1.11 bits per heavy atom. The zero-order chi connectivity index (χ0) is 25.0. The molecule has 2 rings (SSSR count). The molecule has 0 unspecified atom stereocenters. The average molecular weight is 481 g/mol. The van der Waals surface area contributed by atoms with Crippen LogP contribution in [-0.4, -0.2) is 24.6 Å². The number of carbonyl (C=O) groups is 1. The number of ketones is 1. The third-order valence-electron chi connectivity index (χ3n) is 7.11. The van der Waals surface area contributed by atoms with E-state index in [0.717, 1.165) is 42.8 Å². The summed E-state index contributed by atoms with van der Waals surface area (Å²) in [6, 6.07) is 7.95. The number of Topliss-reactive ketones (excluding diaryl/α,β-unsaturated/α-hetero) is 1. The van der Waals surface area contributed by atoms with Gasteiger partial charge in [0.2, 0.25) is 5.78 Å². The second-order valence-electron chi connectivity index (χ2n) is 10.3. The molecule has 0 radical (unpaired) electrons. The Morgan fingerprint density at radius 1 is 0.629 bits per heavy atom. The lowest BCUT2D eigenvalue weighted by Gasteiger charge is -2.19. The number of allylic oxidation sites excluding steroid dienone is 2. The van der Waals surface area contributed by atoms with Gasteiger partial charge in [-0.1, -0.05) is 141 Å². The molecule has 0 atom stereocenters. The minimum Gasteiger partial charge on any atom is -0.382 e. The van der Waals surface area contributed by atoms with Gasteiger partial charge in [0, 0.05) is 24.2 Å². The number of hydrogen-bond donors (Lipinski definition) is 1. The summed E-state index contributed by atoms with van der Waals surface area (Å²) in [5, 5.41) is 3.43. The van der Waals surface area contributed by atoms with Crippen LogP contribution in [0.3, 0.4) is 0 Å². The van der Waals surface area contributed by atoms with Crippen LogP contribution in [-0.2, 0) is 0 Å². The van der Waals surface area contributed by atoms with Gasteiger partial charge in [-0.05, 0) is 18.9 Å². The summed E-state index contributed by atoms with van der Waals surface area (Å²) in [4.78, 5) is 17.9. The largest absolute Gasteiger partial charge is 0.382 e. The van der Waals surface area contributed by atoms with Gasteiger partial charge in [-0.3, -0.25) is 9.79 Å². The van der Waals surface area contributed by atoms with Crippen LogP contribution >= 0.6 is 0 Å². The van der Waals surface area contributed by atoms with E-state index in [4.69, 9.17) is 4.99 Å². The fourth-order valence-corrected chi connectivity index (χ4v) is 4.87. The lowest BCUT2D eigenvalue weighted by atomic mass is 9.92. The quantitative estimate of drug-likeness (QED) is 0.178. The molecule has 0 saturated carbocycles. The van der Waals surface area contributed by atoms with Gasteiger partial charge in [0.1, 0.15) is 0 Å². The molecular formula is C32H52N2O. The Hall–Kier alpha value is -1.90. The average Bonchev–Trinajstić information content (AvgIpc) is 2.88. The van der Waals surface area contributed by atoms with Crippen molar-refractivity contribution in [3.63, 3.8) is 0 Å². The molecule has 0 bridgehead atoms. The highest BCUT2D eigenvalue weighted by Gasteiger charge is 2.23. The first kappa shape index (κ1) is 29.3. The zero-order valence-electron chi connectivity index (χ0n) is 22.9. The Morgan fingerprint density at radius 3 is 1.69 bits per heavy atom. The molecule has 3 heteroatoms. The Balaban J connectivity index is 1.72. The second-order valence-corrected chi connectivity index (χ2v) is 10.3. The molecule has 1 aromatic carbocycles. The Bertz CT molecular complexity index is 765. The summed E-state index contributed by atoms with van der Waals surface area (Å²) < 4.78 is 0. The van der Waals surface area contributed by atoms with Crippen molar-refractivity contribution in [2.75, 3.05) is 13.1 Å². The summed E-state index contributed by atoms with van der Waals surface area (Å²) >= 11 is 0. The summed E-state index contributed by atoms with van der Waals surface area (Å²) in [7, 11) is 0. The van der Waals surface area contributed by atoms with Crippen LogP contribution in [0.15, 0.2) is 41.0 Å². The fourth-order valence-electron chi connectivity index (χ4n) is 4.87. The number of unbranched alkanes of at least 4 members (excludes halogenated alkanes) is 16. The molecule has 3 nitrogen and oxygen atoms in total. The number of benzene rings is 1. The first-order valence-corrected chi connectivity index (χ1v) is 14.9. The molecule has 1 aromatic rings. The monoisotopic (exact) mass is 480 g/mol. The highest BCUT2D eigenvalue weighted by molar-refractivity contribution is 6.25. The highest BCUT2D eigenvalue weighted by atomic mass is 16.1. The third kappa shape index (κ3) is 12.1. The van der Waals surface area contributed by atoms with Crippen LogP contribution in [0.5, 0.6) is 0 Å². The van der Waals surface area contributed by atoms with E-state index in [1.165, 1.54) is 103 Å². The highest BCUT2D eigenvalue weighted by Crippen LogP contribution is 2.21. The molecule has 0 amide bonds. The van der Waals surface area contributed by atoms with Crippen molar-refractivity contribution >= 4 is 11.5 Å². The molecule has 35 heavy (non-hydrogen) atoms. The predicted molar refractivity (Wildman–Crippen MR) is 153 cm³/mol. The molecule has 0 spiro atoms. The number of hydrogen-bond acceptors (Lipinski definition) is 3. The molecule has 1 N–H and O–H groups in total. The van der Waals surface area contributed by atoms with E-state index in [-0.39, 0.29) is 5.78 Å². The number of fused-ring (bicyclic) bond motifs is 1. The van der Waals surface area contributed by atoms with Crippen molar-refractivity contribution in [1.82, 2.24) is 5.32 Å². The van der Waals surface area contributed by atoms with E-state index in [2.05, 4.69) is 19.2 Å². The normalized spacial score (nSPS) is 14.3. The number of nitrogens with zero attached hydrogens (tertiary/aromatic N) is 1. The van der Waals surface area contributed by atoms with Crippen molar-refractivity contribution < 1.29 is 4.79 Å². The minimum absolute atomic E-state index is 0.110. The van der Waals surface area contributed by atoms with Gasteiger partial charge < -0.3 is 5.32 Å². The van der Waals surface area contributed by atoms with Crippen LogP contribution in [0.4, 0.5) is 0 Å². The van der Waals surface area contributed by atoms with Crippen molar-refractivity contribution in [3.8, 4) is 0 Å². The van der Waals surface area contributed by atoms with Gasteiger partial charge in [0.25, 0.3) is 0 Å². The van der Waals surface area contributed by atoms with E-state index in [1.54, 1.807) is 0 Å². The number of carbonyl (C=O) groups excluding carboxylic acids is 1. The predicted octanol–water partition coefficient (Wildman–Crippen LogP) is 9.21. The first-order chi connectivity index (χ1) is 17.3.